The van der Waals surface area contributed by atoms with Crippen molar-refractivity contribution in [1.29, 1.82) is 0 Å². The zero-order chi connectivity index (χ0) is 9.90. The fraction of sp³-hybridized carbons (Fsp3) is 1.00. The lowest BCUT2D eigenvalue weighted by molar-refractivity contribution is 0.403. The van der Waals surface area contributed by atoms with Crippen LogP contribution >= 0.6 is 47.8 Å². The zero-order valence-electron chi connectivity index (χ0n) is 8.03. The summed E-state index contributed by atoms with van der Waals surface area (Å²) >= 11 is 11.5. The molecule has 1 aliphatic carbocycles. The molecule has 78 valence electrons. The van der Waals surface area contributed by atoms with E-state index < -0.39 is 0 Å². The second-order valence-electron chi connectivity index (χ2n) is 3.95. The SMILES string of the molecule is CCCCC1(Br)CCCC(Br)C1Br. The Morgan fingerprint density at radius 1 is 1.38 bits per heavy atom. The molecule has 13 heavy (non-hydrogen) atoms. The second-order valence-corrected chi connectivity index (χ2v) is 7.69. The molecule has 0 bridgehead atoms. The summed E-state index contributed by atoms with van der Waals surface area (Å²) in [6.07, 6.45) is 7.86. The molecule has 0 heterocycles. The molecule has 0 amide bonds. The third-order valence-electron chi connectivity index (χ3n) is 2.83. The number of alkyl halides is 3. The van der Waals surface area contributed by atoms with Crippen molar-refractivity contribution in [3.63, 3.8) is 0 Å². The average Bonchev–Trinajstić information content (AvgIpc) is 2.11. The van der Waals surface area contributed by atoms with Crippen molar-refractivity contribution in [2.75, 3.05) is 0 Å². The van der Waals surface area contributed by atoms with Gasteiger partial charge in [0, 0.05) is 14.0 Å². The van der Waals surface area contributed by atoms with Crippen molar-refractivity contribution in [3.05, 3.63) is 0 Å². The molecule has 1 fully saturated rings. The third kappa shape index (κ3) is 3.20. The molecule has 1 aliphatic rings. The van der Waals surface area contributed by atoms with E-state index in [9.17, 15) is 0 Å². The van der Waals surface area contributed by atoms with Gasteiger partial charge in [0.05, 0.1) is 0 Å². The normalized spacial score (nSPS) is 40.6. The predicted octanol–water partition coefficient (Wildman–Crippen LogP) is 5.02. The van der Waals surface area contributed by atoms with Crippen molar-refractivity contribution < 1.29 is 0 Å². The largest absolute Gasteiger partial charge is 0.0878 e. The summed E-state index contributed by atoms with van der Waals surface area (Å²) in [7, 11) is 0. The van der Waals surface area contributed by atoms with Crippen LogP contribution in [-0.2, 0) is 0 Å². The first kappa shape index (κ1) is 12.5. The van der Waals surface area contributed by atoms with Crippen LogP contribution in [0.1, 0.15) is 45.4 Å². The van der Waals surface area contributed by atoms with Crippen LogP contribution in [0.2, 0.25) is 0 Å². The maximum absolute atomic E-state index is 3.93. The number of rotatable bonds is 3. The highest BCUT2D eigenvalue weighted by Gasteiger charge is 2.40. The van der Waals surface area contributed by atoms with Gasteiger partial charge in [-0.3, -0.25) is 0 Å². The Labute approximate surface area is 107 Å². The predicted molar refractivity (Wildman–Crippen MR) is 70.5 cm³/mol. The van der Waals surface area contributed by atoms with Gasteiger partial charge in [-0.1, -0.05) is 74.0 Å². The van der Waals surface area contributed by atoms with Gasteiger partial charge in [-0.25, -0.2) is 0 Å². The van der Waals surface area contributed by atoms with E-state index in [2.05, 4.69) is 54.7 Å². The molecule has 0 aromatic carbocycles. The molecule has 0 aromatic rings. The Balaban J connectivity index is 2.53. The lowest BCUT2D eigenvalue weighted by atomic mass is 9.85. The highest BCUT2D eigenvalue weighted by atomic mass is 79.9. The minimum absolute atomic E-state index is 0.343. The van der Waals surface area contributed by atoms with Crippen molar-refractivity contribution >= 4 is 47.8 Å². The second kappa shape index (κ2) is 5.50. The summed E-state index contributed by atoms with van der Waals surface area (Å²) in [5.41, 5.74) is 0. The molecular formula is C10H17Br3. The topological polar surface area (TPSA) is 0 Å². The van der Waals surface area contributed by atoms with Crippen LogP contribution in [0.3, 0.4) is 0 Å². The quantitative estimate of drug-likeness (QED) is 0.606. The molecule has 3 atom stereocenters. The molecule has 0 aromatic heterocycles. The first-order chi connectivity index (χ1) is 6.10. The van der Waals surface area contributed by atoms with Crippen LogP contribution in [0, 0.1) is 0 Å². The van der Waals surface area contributed by atoms with Gasteiger partial charge in [-0.2, -0.15) is 0 Å². The molecule has 1 rings (SSSR count). The van der Waals surface area contributed by atoms with Crippen LogP contribution in [0.5, 0.6) is 0 Å². The van der Waals surface area contributed by atoms with Crippen molar-refractivity contribution in [2.45, 2.75) is 59.4 Å². The van der Waals surface area contributed by atoms with E-state index >= 15 is 0 Å². The van der Waals surface area contributed by atoms with E-state index in [1.807, 2.05) is 0 Å². The van der Waals surface area contributed by atoms with Crippen molar-refractivity contribution in [1.82, 2.24) is 0 Å². The molecule has 0 aliphatic heterocycles. The minimum Gasteiger partial charge on any atom is -0.0878 e. The van der Waals surface area contributed by atoms with Crippen LogP contribution < -0.4 is 0 Å². The molecule has 0 spiro atoms. The summed E-state index contributed by atoms with van der Waals surface area (Å²) < 4.78 is 0.343. The van der Waals surface area contributed by atoms with E-state index in [-0.39, 0.29) is 0 Å². The maximum atomic E-state index is 3.93. The Morgan fingerprint density at radius 2 is 2.08 bits per heavy atom. The standard InChI is InChI=1S/C10H17Br3/c1-2-3-6-10(13)7-4-5-8(11)9(10)12/h8-9H,2-7H2,1H3. The Morgan fingerprint density at radius 3 is 2.69 bits per heavy atom. The fourth-order valence-electron chi connectivity index (χ4n) is 1.93. The van der Waals surface area contributed by atoms with E-state index in [0.29, 0.717) is 14.0 Å². The van der Waals surface area contributed by atoms with Gasteiger partial charge in [-0.05, 0) is 19.3 Å². The minimum atomic E-state index is 0.343. The molecule has 3 unspecified atom stereocenters. The van der Waals surface area contributed by atoms with Gasteiger partial charge in [0.2, 0.25) is 0 Å². The maximum Gasteiger partial charge on any atom is 0.0424 e. The van der Waals surface area contributed by atoms with Gasteiger partial charge in [0.15, 0.2) is 0 Å². The first-order valence-electron chi connectivity index (χ1n) is 5.07. The summed E-state index contributed by atoms with van der Waals surface area (Å²) in [6.45, 7) is 2.26. The van der Waals surface area contributed by atoms with E-state index in [1.165, 1.54) is 38.5 Å². The average molecular weight is 377 g/mol. The number of hydrogen-bond donors (Lipinski definition) is 0. The fourth-order valence-corrected chi connectivity index (χ4v) is 4.72. The smallest absolute Gasteiger partial charge is 0.0424 e. The first-order valence-corrected chi connectivity index (χ1v) is 7.69. The Hall–Kier alpha value is 1.44. The highest BCUT2D eigenvalue weighted by Crippen LogP contribution is 2.46. The van der Waals surface area contributed by atoms with Crippen molar-refractivity contribution in [3.8, 4) is 0 Å². The Bertz CT molecular complexity index is 160. The van der Waals surface area contributed by atoms with E-state index in [1.54, 1.807) is 0 Å². The molecule has 0 radical (unpaired) electrons. The lowest BCUT2D eigenvalue weighted by Crippen LogP contribution is -2.41. The number of unbranched alkanes of at least 4 members (excludes halogenated alkanes) is 1. The molecule has 1 saturated carbocycles. The van der Waals surface area contributed by atoms with Gasteiger partial charge in [0.25, 0.3) is 0 Å². The molecule has 0 N–H and O–H groups in total. The van der Waals surface area contributed by atoms with Crippen LogP contribution in [0.15, 0.2) is 0 Å². The summed E-state index contributed by atoms with van der Waals surface area (Å²) in [4.78, 5) is 1.22. The number of halogens is 3. The molecular weight excluding hydrogens is 360 g/mol. The monoisotopic (exact) mass is 374 g/mol. The molecule has 3 heteroatoms. The lowest BCUT2D eigenvalue weighted by Gasteiger charge is -2.39. The van der Waals surface area contributed by atoms with E-state index in [0.717, 1.165) is 0 Å². The van der Waals surface area contributed by atoms with Crippen LogP contribution in [-0.4, -0.2) is 14.0 Å². The van der Waals surface area contributed by atoms with Gasteiger partial charge in [0.1, 0.15) is 0 Å². The van der Waals surface area contributed by atoms with Gasteiger partial charge >= 0.3 is 0 Å². The van der Waals surface area contributed by atoms with Gasteiger partial charge < -0.3 is 0 Å². The molecule has 0 nitrogen and oxygen atoms in total. The Kier molecular flexibility index (Phi) is 5.30. The summed E-state index contributed by atoms with van der Waals surface area (Å²) in [6, 6.07) is 0. The summed E-state index contributed by atoms with van der Waals surface area (Å²) in [5.74, 6) is 0. The van der Waals surface area contributed by atoms with Gasteiger partial charge in [-0.15, -0.1) is 0 Å². The molecule has 0 saturated heterocycles. The zero-order valence-corrected chi connectivity index (χ0v) is 12.8. The van der Waals surface area contributed by atoms with Crippen LogP contribution in [0.4, 0.5) is 0 Å². The number of hydrogen-bond acceptors (Lipinski definition) is 0. The van der Waals surface area contributed by atoms with Crippen molar-refractivity contribution in [2.24, 2.45) is 0 Å². The van der Waals surface area contributed by atoms with Crippen LogP contribution in [0.25, 0.3) is 0 Å². The van der Waals surface area contributed by atoms with E-state index in [4.69, 9.17) is 0 Å². The highest BCUT2D eigenvalue weighted by molar-refractivity contribution is 9.14. The third-order valence-corrected chi connectivity index (χ3v) is 7.94. The summed E-state index contributed by atoms with van der Waals surface area (Å²) in [5, 5.41) is 0.